The number of nitrogens with one attached hydrogen (secondary N) is 2. The number of hydrogen-bond donors (Lipinski definition) is 2. The van der Waals surface area contributed by atoms with Crippen LogP contribution in [0.25, 0.3) is 0 Å². The predicted molar refractivity (Wildman–Crippen MR) is 121 cm³/mol. The number of thioether (sulfide) groups is 1. The highest BCUT2D eigenvalue weighted by molar-refractivity contribution is 14.0. The Kier molecular flexibility index (Phi) is 11.4. The molecule has 0 spiro atoms. The van der Waals surface area contributed by atoms with Gasteiger partial charge in [-0.3, -0.25) is 0 Å². The topological polar surface area (TPSA) is 62.5 Å². The van der Waals surface area contributed by atoms with Crippen LogP contribution < -0.4 is 10.6 Å². The molecule has 0 aliphatic carbocycles. The van der Waals surface area contributed by atoms with Gasteiger partial charge in [0, 0.05) is 30.7 Å². The summed E-state index contributed by atoms with van der Waals surface area (Å²) in [6, 6.07) is 8.84. The molecule has 1 aromatic heterocycles. The third-order valence-electron chi connectivity index (χ3n) is 3.66. The zero-order chi connectivity index (χ0) is 18.8. The zero-order valence-corrected chi connectivity index (χ0v) is 19.1. The van der Waals surface area contributed by atoms with Crippen LogP contribution in [0.1, 0.15) is 43.7 Å². The lowest BCUT2D eigenvalue weighted by Crippen LogP contribution is -2.38. The molecule has 0 unspecified atom stereocenters. The number of benzene rings is 1. The molecule has 27 heavy (non-hydrogen) atoms. The number of nitrogens with zero attached hydrogens (tertiary/aromatic N) is 2. The maximum Gasteiger partial charge on any atom is 0.191 e. The van der Waals surface area contributed by atoms with Crippen LogP contribution in [0.4, 0.5) is 4.39 Å². The van der Waals surface area contributed by atoms with Gasteiger partial charge < -0.3 is 15.2 Å². The molecule has 2 aromatic rings. The Bertz CT molecular complexity index is 709. The molecule has 0 aliphatic rings. The monoisotopic (exact) mass is 506 g/mol. The highest BCUT2D eigenvalue weighted by Crippen LogP contribution is 2.15. The van der Waals surface area contributed by atoms with Crippen molar-refractivity contribution in [2.24, 2.45) is 4.99 Å². The first-order valence-electron chi connectivity index (χ1n) is 8.89. The van der Waals surface area contributed by atoms with E-state index in [0.717, 1.165) is 41.8 Å². The molecular weight excluding hydrogens is 478 g/mol. The molecule has 0 aliphatic heterocycles. The van der Waals surface area contributed by atoms with Crippen molar-refractivity contribution in [1.82, 2.24) is 15.8 Å². The first kappa shape index (κ1) is 23.7. The van der Waals surface area contributed by atoms with Crippen molar-refractivity contribution < 1.29 is 8.91 Å². The Labute approximate surface area is 182 Å². The van der Waals surface area contributed by atoms with Crippen LogP contribution in [0.2, 0.25) is 0 Å². The van der Waals surface area contributed by atoms with Crippen molar-refractivity contribution in [3.8, 4) is 0 Å². The molecule has 0 bridgehead atoms. The minimum atomic E-state index is -0.143. The molecule has 5 nitrogen and oxygen atoms in total. The average molecular weight is 506 g/mol. The summed E-state index contributed by atoms with van der Waals surface area (Å²) in [6.45, 7) is 8.15. The number of aromatic nitrogens is 1. The lowest BCUT2D eigenvalue weighted by Gasteiger charge is -2.10. The maximum atomic E-state index is 13.6. The lowest BCUT2D eigenvalue weighted by atomic mass is 10.1. The van der Waals surface area contributed by atoms with Gasteiger partial charge in [0.2, 0.25) is 0 Å². The van der Waals surface area contributed by atoms with Gasteiger partial charge in [-0.2, -0.15) is 11.8 Å². The highest BCUT2D eigenvalue weighted by Gasteiger charge is 2.07. The van der Waals surface area contributed by atoms with Crippen molar-refractivity contribution in [3.63, 3.8) is 0 Å². The van der Waals surface area contributed by atoms with Gasteiger partial charge in [0.25, 0.3) is 0 Å². The number of hydrogen-bond acceptors (Lipinski definition) is 4. The zero-order valence-electron chi connectivity index (χ0n) is 16.0. The fourth-order valence-electron chi connectivity index (χ4n) is 2.21. The molecule has 8 heteroatoms. The Morgan fingerprint density at radius 3 is 2.74 bits per heavy atom. The fourth-order valence-corrected chi connectivity index (χ4v) is 3.06. The predicted octanol–water partition coefficient (Wildman–Crippen LogP) is 4.54. The normalized spacial score (nSPS) is 11.4. The molecule has 2 N–H and O–H groups in total. The van der Waals surface area contributed by atoms with Crippen LogP contribution in [0.5, 0.6) is 0 Å². The molecule has 0 saturated heterocycles. The Morgan fingerprint density at radius 2 is 2.07 bits per heavy atom. The molecule has 0 fully saturated rings. The molecular formula is C19H28FIN4OS. The van der Waals surface area contributed by atoms with E-state index in [-0.39, 0.29) is 29.8 Å². The van der Waals surface area contributed by atoms with Gasteiger partial charge in [-0.15, -0.1) is 24.0 Å². The van der Waals surface area contributed by atoms with Crippen molar-refractivity contribution in [1.29, 1.82) is 0 Å². The summed E-state index contributed by atoms with van der Waals surface area (Å²) in [4.78, 5) is 4.52. The van der Waals surface area contributed by atoms with Gasteiger partial charge in [0.15, 0.2) is 11.7 Å². The molecule has 0 radical (unpaired) electrons. The third kappa shape index (κ3) is 8.50. The van der Waals surface area contributed by atoms with Crippen molar-refractivity contribution >= 4 is 41.7 Å². The summed E-state index contributed by atoms with van der Waals surface area (Å²) in [6.07, 6.45) is 0. The standard InChI is InChI=1S/C19H27FN4OS.HI/c1-4-21-19(23-12-16-11-18(14(2)3)24-25-16)22-9-10-26-13-15-7-5-6-8-17(15)20;/h5-8,11,14H,4,9-10,12-13H2,1-3H3,(H2,21,22,23);1H. The molecule has 150 valence electrons. The van der Waals surface area contributed by atoms with Gasteiger partial charge in [0.1, 0.15) is 12.4 Å². The number of halogens is 2. The summed E-state index contributed by atoms with van der Waals surface area (Å²) in [5, 5.41) is 10.5. The largest absolute Gasteiger partial charge is 0.359 e. The van der Waals surface area contributed by atoms with Crippen LogP contribution in [0.3, 0.4) is 0 Å². The van der Waals surface area contributed by atoms with Gasteiger partial charge in [-0.25, -0.2) is 9.38 Å². The fraction of sp³-hybridized carbons (Fsp3) is 0.474. The summed E-state index contributed by atoms with van der Waals surface area (Å²) < 4.78 is 18.9. The maximum absolute atomic E-state index is 13.6. The smallest absolute Gasteiger partial charge is 0.191 e. The minimum absolute atomic E-state index is 0. The van der Waals surface area contributed by atoms with E-state index in [9.17, 15) is 4.39 Å². The van der Waals surface area contributed by atoms with Gasteiger partial charge in [0.05, 0.1) is 5.69 Å². The van der Waals surface area contributed by atoms with Crippen LogP contribution in [0.15, 0.2) is 39.8 Å². The highest BCUT2D eigenvalue weighted by atomic mass is 127. The van der Waals surface area contributed by atoms with Crippen LogP contribution in [0, 0.1) is 5.82 Å². The second-order valence-corrected chi connectivity index (χ2v) is 7.24. The molecule has 1 heterocycles. The van der Waals surface area contributed by atoms with E-state index in [0.29, 0.717) is 18.2 Å². The van der Waals surface area contributed by atoms with Gasteiger partial charge >= 0.3 is 0 Å². The molecule has 0 atom stereocenters. The van der Waals surface area contributed by atoms with E-state index in [2.05, 4.69) is 34.6 Å². The van der Waals surface area contributed by atoms with E-state index >= 15 is 0 Å². The number of rotatable bonds is 9. The molecule has 0 amide bonds. The van der Waals surface area contributed by atoms with E-state index in [1.807, 2.05) is 25.1 Å². The van der Waals surface area contributed by atoms with E-state index in [4.69, 9.17) is 4.52 Å². The molecule has 2 rings (SSSR count). The van der Waals surface area contributed by atoms with Crippen LogP contribution in [-0.2, 0) is 12.3 Å². The molecule has 1 aromatic carbocycles. The summed E-state index contributed by atoms with van der Waals surface area (Å²) >= 11 is 1.69. The lowest BCUT2D eigenvalue weighted by molar-refractivity contribution is 0.376. The van der Waals surface area contributed by atoms with Crippen molar-refractivity contribution in [3.05, 3.63) is 53.2 Å². The van der Waals surface area contributed by atoms with E-state index < -0.39 is 0 Å². The Morgan fingerprint density at radius 1 is 1.30 bits per heavy atom. The summed E-state index contributed by atoms with van der Waals surface area (Å²) in [5.41, 5.74) is 1.68. The van der Waals surface area contributed by atoms with Crippen molar-refractivity contribution in [2.75, 3.05) is 18.8 Å². The van der Waals surface area contributed by atoms with Crippen LogP contribution in [-0.4, -0.2) is 30.0 Å². The van der Waals surface area contributed by atoms with E-state index in [1.54, 1.807) is 17.8 Å². The summed E-state index contributed by atoms with van der Waals surface area (Å²) in [7, 11) is 0. The average Bonchev–Trinajstić information content (AvgIpc) is 3.10. The first-order chi connectivity index (χ1) is 12.6. The summed E-state index contributed by atoms with van der Waals surface area (Å²) in [5.74, 6) is 3.21. The van der Waals surface area contributed by atoms with Crippen LogP contribution >= 0.6 is 35.7 Å². The number of guanidine groups is 1. The van der Waals surface area contributed by atoms with Gasteiger partial charge in [-0.05, 0) is 24.5 Å². The van der Waals surface area contributed by atoms with Crippen molar-refractivity contribution in [2.45, 2.75) is 39.0 Å². The Balaban J connectivity index is 0.00000364. The molecule has 0 saturated carbocycles. The third-order valence-corrected chi connectivity index (χ3v) is 4.67. The minimum Gasteiger partial charge on any atom is -0.359 e. The SMILES string of the molecule is CCNC(=NCc1cc(C(C)C)no1)NCCSCc1ccccc1F.I. The number of aliphatic imine (C=N–C) groups is 1. The van der Waals surface area contributed by atoms with E-state index in [1.165, 1.54) is 6.07 Å². The quantitative estimate of drug-likeness (QED) is 0.226. The second-order valence-electron chi connectivity index (χ2n) is 6.14. The second kappa shape index (κ2) is 13.0. The van der Waals surface area contributed by atoms with Gasteiger partial charge in [-0.1, -0.05) is 37.2 Å². The first-order valence-corrected chi connectivity index (χ1v) is 10.0. The Hall–Kier alpha value is -1.29.